The summed E-state index contributed by atoms with van der Waals surface area (Å²) in [5.41, 5.74) is 5.72. The van der Waals surface area contributed by atoms with Gasteiger partial charge in [-0.05, 0) is 6.42 Å². The first kappa shape index (κ1) is 26.5. The number of rotatable bonds is 16. The molecule has 7 nitrogen and oxygen atoms in total. The van der Waals surface area contributed by atoms with E-state index in [0.717, 1.165) is 19.3 Å². The van der Waals surface area contributed by atoms with Gasteiger partial charge in [-0.2, -0.15) is 0 Å². The molecule has 0 aliphatic carbocycles. The number of hydrogen-bond donors (Lipinski definition) is 5. The molecule has 0 bridgehead atoms. The SMILES string of the molecule is CCCCCCCCCCCCCCCC(=O)C1(O)O[C@H](CO)[C@@H](O)[C@H](O)[C@H]1N. The van der Waals surface area contributed by atoms with Crippen molar-refractivity contribution in [1.29, 1.82) is 0 Å². The summed E-state index contributed by atoms with van der Waals surface area (Å²) < 4.78 is 5.16. The first-order valence-corrected chi connectivity index (χ1v) is 11.5. The number of carbonyl (C=O) groups excluding carboxylic acids is 1. The molecule has 6 N–H and O–H groups in total. The Bertz CT molecular complexity index is 447. The fourth-order valence-corrected chi connectivity index (χ4v) is 3.92. The van der Waals surface area contributed by atoms with Crippen molar-refractivity contribution in [2.45, 2.75) is 127 Å². The lowest BCUT2D eigenvalue weighted by atomic mass is 9.87. The van der Waals surface area contributed by atoms with Crippen LogP contribution in [0.1, 0.15) is 96.8 Å². The number of Topliss-reactive ketones (excluding diaryl/α,β-unsaturated/α-hetero) is 1. The number of unbranched alkanes of at least 4 members (excludes halogenated alkanes) is 12. The van der Waals surface area contributed by atoms with E-state index in [1.807, 2.05) is 0 Å². The van der Waals surface area contributed by atoms with Gasteiger partial charge in [0.2, 0.25) is 5.79 Å². The molecule has 0 aromatic heterocycles. The molecule has 0 amide bonds. The Labute approximate surface area is 175 Å². The molecule has 1 rings (SSSR count). The Kier molecular flexibility index (Phi) is 13.2. The minimum absolute atomic E-state index is 0.0862. The molecule has 1 heterocycles. The number of nitrogens with two attached hydrogens (primary N) is 1. The van der Waals surface area contributed by atoms with E-state index in [9.17, 15) is 25.2 Å². The van der Waals surface area contributed by atoms with E-state index < -0.39 is 42.5 Å². The van der Waals surface area contributed by atoms with Crippen molar-refractivity contribution in [3.63, 3.8) is 0 Å². The van der Waals surface area contributed by atoms with Crippen LogP contribution >= 0.6 is 0 Å². The van der Waals surface area contributed by atoms with Gasteiger partial charge in [0.15, 0.2) is 5.78 Å². The smallest absolute Gasteiger partial charge is 0.245 e. The first-order valence-electron chi connectivity index (χ1n) is 11.5. The summed E-state index contributed by atoms with van der Waals surface area (Å²) in [6.07, 6.45) is 11.3. The maximum atomic E-state index is 12.4. The van der Waals surface area contributed by atoms with E-state index in [1.165, 1.54) is 57.8 Å². The maximum absolute atomic E-state index is 12.4. The normalized spacial score (nSPS) is 29.9. The van der Waals surface area contributed by atoms with Crippen LogP contribution in [0, 0.1) is 0 Å². The molecule has 0 aromatic rings. The third kappa shape index (κ3) is 8.59. The number of hydrogen-bond acceptors (Lipinski definition) is 7. The van der Waals surface area contributed by atoms with E-state index >= 15 is 0 Å². The number of ether oxygens (including phenoxy) is 1. The second-order valence-corrected chi connectivity index (χ2v) is 8.46. The van der Waals surface area contributed by atoms with E-state index in [-0.39, 0.29) is 6.42 Å². The number of aliphatic hydroxyl groups excluding tert-OH is 3. The highest BCUT2D eigenvalue weighted by Gasteiger charge is 2.55. The maximum Gasteiger partial charge on any atom is 0.245 e. The molecular formula is C22H43NO6. The summed E-state index contributed by atoms with van der Waals surface area (Å²) in [7, 11) is 0. The average Bonchev–Trinajstić information content (AvgIpc) is 2.72. The summed E-state index contributed by atoms with van der Waals surface area (Å²) in [6, 6.07) is -1.45. The highest BCUT2D eigenvalue weighted by atomic mass is 16.7. The van der Waals surface area contributed by atoms with Crippen LogP contribution in [0.5, 0.6) is 0 Å². The van der Waals surface area contributed by atoms with Crippen LogP contribution < -0.4 is 5.73 Å². The Morgan fingerprint density at radius 3 is 1.76 bits per heavy atom. The Morgan fingerprint density at radius 2 is 1.31 bits per heavy atom. The molecule has 1 aliphatic rings. The molecule has 29 heavy (non-hydrogen) atoms. The minimum atomic E-state index is -2.37. The van der Waals surface area contributed by atoms with Crippen molar-refractivity contribution in [2.75, 3.05) is 6.61 Å². The molecule has 7 heteroatoms. The molecule has 1 unspecified atom stereocenters. The van der Waals surface area contributed by atoms with Gasteiger partial charge in [-0.3, -0.25) is 4.79 Å². The minimum Gasteiger partial charge on any atom is -0.394 e. The van der Waals surface area contributed by atoms with Crippen LogP contribution in [0.15, 0.2) is 0 Å². The van der Waals surface area contributed by atoms with E-state index in [0.29, 0.717) is 6.42 Å². The molecule has 1 fully saturated rings. The topological polar surface area (TPSA) is 133 Å². The van der Waals surface area contributed by atoms with E-state index in [1.54, 1.807) is 0 Å². The third-order valence-corrected chi connectivity index (χ3v) is 5.97. The zero-order valence-corrected chi connectivity index (χ0v) is 18.1. The molecule has 0 saturated carbocycles. The first-order chi connectivity index (χ1) is 13.9. The summed E-state index contributed by atoms with van der Waals surface area (Å²) in [6.45, 7) is 1.61. The monoisotopic (exact) mass is 417 g/mol. The summed E-state index contributed by atoms with van der Waals surface area (Å²) >= 11 is 0. The highest BCUT2D eigenvalue weighted by Crippen LogP contribution is 2.29. The summed E-state index contributed by atoms with van der Waals surface area (Å²) in [5.74, 6) is -2.99. The van der Waals surface area contributed by atoms with Gasteiger partial charge in [-0.25, -0.2) is 0 Å². The Morgan fingerprint density at radius 1 is 0.862 bits per heavy atom. The van der Waals surface area contributed by atoms with Crippen molar-refractivity contribution >= 4 is 5.78 Å². The predicted molar refractivity (Wildman–Crippen MR) is 112 cm³/mol. The largest absolute Gasteiger partial charge is 0.394 e. The van der Waals surface area contributed by atoms with Gasteiger partial charge in [-0.15, -0.1) is 0 Å². The molecule has 0 aromatic carbocycles. The molecule has 1 saturated heterocycles. The van der Waals surface area contributed by atoms with Gasteiger partial charge < -0.3 is 30.9 Å². The third-order valence-electron chi connectivity index (χ3n) is 5.97. The average molecular weight is 418 g/mol. The summed E-state index contributed by atoms with van der Waals surface area (Å²) in [4.78, 5) is 12.4. The van der Waals surface area contributed by atoms with E-state index in [2.05, 4.69) is 6.92 Å². The van der Waals surface area contributed by atoms with Gasteiger partial charge in [-0.1, -0.05) is 84.0 Å². The van der Waals surface area contributed by atoms with Crippen molar-refractivity contribution in [3.8, 4) is 0 Å². The number of ketones is 1. The summed E-state index contributed by atoms with van der Waals surface area (Å²) in [5, 5.41) is 39.5. The zero-order chi connectivity index (χ0) is 21.7. The highest BCUT2D eigenvalue weighted by molar-refractivity contribution is 5.86. The van der Waals surface area contributed by atoms with Gasteiger partial charge in [0.05, 0.1) is 12.6 Å². The Balaban J connectivity index is 2.13. The van der Waals surface area contributed by atoms with Crippen molar-refractivity contribution in [2.24, 2.45) is 5.73 Å². The number of carbonyl (C=O) groups is 1. The van der Waals surface area contributed by atoms with Crippen molar-refractivity contribution in [3.05, 3.63) is 0 Å². The predicted octanol–water partition coefficient (Wildman–Crippen LogP) is 2.17. The Hall–Kier alpha value is -0.570. The second kappa shape index (κ2) is 14.4. The van der Waals surface area contributed by atoms with Crippen molar-refractivity contribution in [1.82, 2.24) is 0 Å². The van der Waals surface area contributed by atoms with Crippen molar-refractivity contribution < 1.29 is 30.0 Å². The quantitative estimate of drug-likeness (QED) is 0.243. The molecular weight excluding hydrogens is 374 g/mol. The van der Waals surface area contributed by atoms with Gasteiger partial charge >= 0.3 is 0 Å². The zero-order valence-electron chi connectivity index (χ0n) is 18.1. The van der Waals surface area contributed by atoms with Crippen LogP contribution in [-0.4, -0.2) is 63.0 Å². The van der Waals surface area contributed by atoms with Gasteiger partial charge in [0.25, 0.3) is 0 Å². The van der Waals surface area contributed by atoms with Crippen LogP contribution in [0.3, 0.4) is 0 Å². The lowest BCUT2D eigenvalue weighted by molar-refractivity contribution is -0.297. The lowest BCUT2D eigenvalue weighted by Gasteiger charge is -2.45. The van der Waals surface area contributed by atoms with Crippen LogP contribution in [0.4, 0.5) is 0 Å². The second-order valence-electron chi connectivity index (χ2n) is 8.46. The van der Waals surface area contributed by atoms with Crippen LogP contribution in [0.2, 0.25) is 0 Å². The fourth-order valence-electron chi connectivity index (χ4n) is 3.92. The van der Waals surface area contributed by atoms with Crippen LogP contribution in [-0.2, 0) is 9.53 Å². The molecule has 5 atom stereocenters. The number of aliphatic hydroxyl groups is 4. The fraction of sp³-hybridized carbons (Fsp3) is 0.955. The van der Waals surface area contributed by atoms with Crippen LogP contribution in [0.25, 0.3) is 0 Å². The molecule has 1 aliphatic heterocycles. The standard InChI is InChI=1S/C22H43NO6/c1-2-3-4-5-6-7-8-9-10-11-12-13-14-15-18(25)22(28)21(23)20(27)19(26)17(16-24)29-22/h17,19-21,24,26-28H,2-16,23H2,1H3/t17-,19-,20+,21-,22?/m1/s1. The van der Waals surface area contributed by atoms with Gasteiger partial charge in [0, 0.05) is 6.42 Å². The lowest BCUT2D eigenvalue weighted by Crippen LogP contribution is -2.71. The van der Waals surface area contributed by atoms with E-state index in [4.69, 9.17) is 10.5 Å². The molecule has 0 radical (unpaired) electrons. The molecule has 0 spiro atoms. The van der Waals surface area contributed by atoms with Gasteiger partial charge in [0.1, 0.15) is 18.3 Å². The molecule has 172 valence electrons.